The van der Waals surface area contributed by atoms with E-state index in [-0.39, 0.29) is 11.4 Å². The molecule has 0 aliphatic heterocycles. The highest BCUT2D eigenvalue weighted by atomic mass is 19.1. The molecular formula is C12H19FN2. The Kier molecular flexibility index (Phi) is 3.83. The lowest BCUT2D eigenvalue weighted by molar-refractivity contribution is 0.155. The average molecular weight is 210 g/mol. The summed E-state index contributed by atoms with van der Waals surface area (Å²) in [4.78, 5) is 2.17. The molecule has 2 nitrogen and oxygen atoms in total. The topological polar surface area (TPSA) is 29.3 Å². The van der Waals surface area contributed by atoms with Crippen LogP contribution in [0.15, 0.2) is 24.3 Å². The van der Waals surface area contributed by atoms with Gasteiger partial charge in [0, 0.05) is 18.6 Å². The Morgan fingerprint density at radius 3 is 2.27 bits per heavy atom. The van der Waals surface area contributed by atoms with Crippen molar-refractivity contribution < 1.29 is 4.39 Å². The van der Waals surface area contributed by atoms with Gasteiger partial charge in [0.25, 0.3) is 0 Å². The van der Waals surface area contributed by atoms with Crippen LogP contribution in [0.4, 0.5) is 4.39 Å². The van der Waals surface area contributed by atoms with Gasteiger partial charge in [0.05, 0.1) is 0 Å². The van der Waals surface area contributed by atoms with E-state index >= 15 is 0 Å². The Hall–Kier alpha value is -0.930. The first kappa shape index (κ1) is 12.1. The summed E-state index contributed by atoms with van der Waals surface area (Å²) in [6.45, 7) is 5.57. The van der Waals surface area contributed by atoms with Gasteiger partial charge >= 0.3 is 0 Å². The molecule has 0 saturated carbocycles. The van der Waals surface area contributed by atoms with E-state index < -0.39 is 0 Å². The summed E-state index contributed by atoms with van der Waals surface area (Å²) in [6, 6.07) is 6.58. The van der Waals surface area contributed by atoms with Gasteiger partial charge in [0.15, 0.2) is 0 Å². The molecule has 84 valence electrons. The van der Waals surface area contributed by atoms with E-state index in [0.717, 1.165) is 12.1 Å². The molecule has 1 aromatic carbocycles. The summed E-state index contributed by atoms with van der Waals surface area (Å²) in [7, 11) is 2.02. The van der Waals surface area contributed by atoms with Gasteiger partial charge in [-0.3, -0.25) is 4.90 Å². The third-order valence-corrected chi connectivity index (χ3v) is 2.87. The second-order valence-corrected chi connectivity index (χ2v) is 4.50. The molecule has 0 radical (unpaired) electrons. The Balaban J connectivity index is 2.66. The standard InChI is InChI=1S/C12H19FN2/c1-12(2,9-14)15(3)8-10-4-6-11(13)7-5-10/h4-7H,8-9,14H2,1-3H3. The van der Waals surface area contributed by atoms with Crippen LogP contribution in [-0.2, 0) is 6.54 Å². The Morgan fingerprint density at radius 1 is 1.27 bits per heavy atom. The van der Waals surface area contributed by atoms with Crippen molar-refractivity contribution in [2.75, 3.05) is 13.6 Å². The maximum atomic E-state index is 12.7. The van der Waals surface area contributed by atoms with E-state index in [9.17, 15) is 4.39 Å². The molecule has 2 N–H and O–H groups in total. The van der Waals surface area contributed by atoms with Crippen molar-refractivity contribution in [3.63, 3.8) is 0 Å². The fraction of sp³-hybridized carbons (Fsp3) is 0.500. The fourth-order valence-corrected chi connectivity index (χ4v) is 1.23. The van der Waals surface area contributed by atoms with E-state index in [1.165, 1.54) is 12.1 Å². The highest BCUT2D eigenvalue weighted by Crippen LogP contribution is 2.14. The van der Waals surface area contributed by atoms with Crippen molar-refractivity contribution in [3.05, 3.63) is 35.6 Å². The second-order valence-electron chi connectivity index (χ2n) is 4.50. The van der Waals surface area contributed by atoms with Gasteiger partial charge < -0.3 is 5.73 Å². The van der Waals surface area contributed by atoms with Gasteiger partial charge in [-0.1, -0.05) is 12.1 Å². The van der Waals surface area contributed by atoms with E-state index in [0.29, 0.717) is 6.54 Å². The molecule has 0 aliphatic carbocycles. The molecule has 3 heteroatoms. The Bertz CT molecular complexity index is 306. The summed E-state index contributed by atoms with van der Waals surface area (Å²) in [5.74, 6) is -0.195. The first-order valence-electron chi connectivity index (χ1n) is 5.11. The van der Waals surface area contributed by atoms with Gasteiger partial charge in [0.1, 0.15) is 5.82 Å². The van der Waals surface area contributed by atoms with Gasteiger partial charge in [-0.2, -0.15) is 0 Å². The molecule has 0 atom stereocenters. The summed E-state index contributed by atoms with van der Waals surface area (Å²) < 4.78 is 12.7. The zero-order chi connectivity index (χ0) is 11.5. The molecule has 0 aliphatic rings. The number of hydrogen-bond acceptors (Lipinski definition) is 2. The summed E-state index contributed by atoms with van der Waals surface area (Å²) in [5.41, 5.74) is 6.75. The minimum absolute atomic E-state index is 0.0333. The SMILES string of the molecule is CN(Cc1ccc(F)cc1)C(C)(C)CN. The fourth-order valence-electron chi connectivity index (χ4n) is 1.23. The van der Waals surface area contributed by atoms with Crippen molar-refractivity contribution in [1.82, 2.24) is 4.90 Å². The van der Waals surface area contributed by atoms with Gasteiger partial charge in [-0.05, 0) is 38.6 Å². The molecule has 0 heterocycles. The van der Waals surface area contributed by atoms with Crippen LogP contribution >= 0.6 is 0 Å². The highest BCUT2D eigenvalue weighted by Gasteiger charge is 2.21. The maximum absolute atomic E-state index is 12.7. The van der Waals surface area contributed by atoms with Crippen molar-refractivity contribution in [2.45, 2.75) is 25.9 Å². The van der Waals surface area contributed by atoms with Crippen LogP contribution in [0.25, 0.3) is 0 Å². The summed E-state index contributed by atoms with van der Waals surface area (Å²) in [6.07, 6.45) is 0. The second kappa shape index (κ2) is 4.73. The number of halogens is 1. The molecule has 15 heavy (non-hydrogen) atoms. The molecule has 0 unspecified atom stereocenters. The molecule has 1 rings (SSSR count). The normalized spacial score (nSPS) is 12.1. The summed E-state index contributed by atoms with van der Waals surface area (Å²) in [5, 5.41) is 0. The number of nitrogens with zero attached hydrogens (tertiary/aromatic N) is 1. The lowest BCUT2D eigenvalue weighted by Crippen LogP contribution is -2.46. The zero-order valence-corrected chi connectivity index (χ0v) is 9.63. The smallest absolute Gasteiger partial charge is 0.123 e. The maximum Gasteiger partial charge on any atom is 0.123 e. The van der Waals surface area contributed by atoms with Crippen LogP contribution in [0.1, 0.15) is 19.4 Å². The lowest BCUT2D eigenvalue weighted by atomic mass is 10.0. The number of hydrogen-bond donors (Lipinski definition) is 1. The number of rotatable bonds is 4. The van der Waals surface area contributed by atoms with Crippen LogP contribution in [0.2, 0.25) is 0 Å². The largest absolute Gasteiger partial charge is 0.329 e. The number of benzene rings is 1. The van der Waals surface area contributed by atoms with Gasteiger partial charge in [-0.25, -0.2) is 4.39 Å². The quantitative estimate of drug-likeness (QED) is 0.823. The monoisotopic (exact) mass is 210 g/mol. The lowest BCUT2D eigenvalue weighted by Gasteiger charge is -2.34. The van der Waals surface area contributed by atoms with Gasteiger partial charge in [0.2, 0.25) is 0 Å². The van der Waals surface area contributed by atoms with Crippen molar-refractivity contribution in [1.29, 1.82) is 0 Å². The van der Waals surface area contributed by atoms with Crippen LogP contribution in [0, 0.1) is 5.82 Å². The molecular weight excluding hydrogens is 191 g/mol. The molecule has 0 bridgehead atoms. The third kappa shape index (κ3) is 3.29. The molecule has 1 aromatic rings. The van der Waals surface area contributed by atoms with Crippen molar-refractivity contribution >= 4 is 0 Å². The predicted octanol–water partition coefficient (Wildman–Crippen LogP) is 1.99. The molecule has 0 spiro atoms. The third-order valence-electron chi connectivity index (χ3n) is 2.87. The van der Waals surface area contributed by atoms with Crippen LogP contribution in [-0.4, -0.2) is 24.0 Å². The van der Waals surface area contributed by atoms with Crippen LogP contribution in [0.3, 0.4) is 0 Å². The first-order chi connectivity index (χ1) is 6.95. The van der Waals surface area contributed by atoms with Gasteiger partial charge in [-0.15, -0.1) is 0 Å². The van der Waals surface area contributed by atoms with E-state index in [2.05, 4.69) is 18.7 Å². The molecule has 0 amide bonds. The minimum Gasteiger partial charge on any atom is -0.329 e. The van der Waals surface area contributed by atoms with E-state index in [1.807, 2.05) is 7.05 Å². The predicted molar refractivity (Wildman–Crippen MR) is 61.0 cm³/mol. The van der Waals surface area contributed by atoms with Crippen LogP contribution < -0.4 is 5.73 Å². The summed E-state index contributed by atoms with van der Waals surface area (Å²) >= 11 is 0. The Morgan fingerprint density at radius 2 is 1.80 bits per heavy atom. The first-order valence-corrected chi connectivity index (χ1v) is 5.11. The Labute approximate surface area is 90.9 Å². The average Bonchev–Trinajstić information content (AvgIpc) is 2.21. The van der Waals surface area contributed by atoms with Crippen LogP contribution in [0.5, 0.6) is 0 Å². The van der Waals surface area contributed by atoms with E-state index in [4.69, 9.17) is 5.73 Å². The van der Waals surface area contributed by atoms with Crippen molar-refractivity contribution in [2.24, 2.45) is 5.73 Å². The zero-order valence-electron chi connectivity index (χ0n) is 9.63. The highest BCUT2D eigenvalue weighted by molar-refractivity contribution is 5.16. The number of nitrogens with two attached hydrogens (primary N) is 1. The number of likely N-dealkylation sites (N-methyl/N-ethyl adjacent to an activating group) is 1. The minimum atomic E-state index is -0.195. The molecule has 0 aromatic heterocycles. The van der Waals surface area contributed by atoms with Crippen molar-refractivity contribution in [3.8, 4) is 0 Å². The molecule has 0 saturated heterocycles. The van der Waals surface area contributed by atoms with E-state index in [1.54, 1.807) is 12.1 Å². The molecule has 0 fully saturated rings.